The second-order valence-corrected chi connectivity index (χ2v) is 6.85. The van der Waals surface area contributed by atoms with Crippen molar-refractivity contribution in [2.24, 2.45) is 17.6 Å². The molecule has 2 fully saturated rings. The highest BCUT2D eigenvalue weighted by molar-refractivity contribution is 5.92. The first-order chi connectivity index (χ1) is 11.6. The van der Waals surface area contributed by atoms with E-state index in [-0.39, 0.29) is 23.7 Å². The summed E-state index contributed by atoms with van der Waals surface area (Å²) in [4.78, 5) is 25.7. The quantitative estimate of drug-likeness (QED) is 0.749. The zero-order valence-electron chi connectivity index (χ0n) is 14.0. The fourth-order valence-electron chi connectivity index (χ4n) is 3.51. The highest BCUT2D eigenvalue weighted by Crippen LogP contribution is 2.19. The van der Waals surface area contributed by atoms with E-state index in [1.165, 1.54) is 5.56 Å². The monoisotopic (exact) mass is 330 g/mol. The van der Waals surface area contributed by atoms with Crippen LogP contribution < -0.4 is 16.4 Å². The van der Waals surface area contributed by atoms with E-state index in [0.29, 0.717) is 0 Å². The number of anilines is 1. The molecule has 0 aliphatic carbocycles. The Balaban J connectivity index is 1.52. The third-order valence-corrected chi connectivity index (χ3v) is 4.97. The first-order valence-electron chi connectivity index (χ1n) is 8.74. The number of nitrogens with one attached hydrogen (secondary N) is 2. The van der Waals surface area contributed by atoms with E-state index in [9.17, 15) is 9.59 Å². The number of piperidine rings is 1. The van der Waals surface area contributed by atoms with E-state index < -0.39 is 0 Å². The number of benzene rings is 1. The molecule has 6 heteroatoms. The van der Waals surface area contributed by atoms with Crippen molar-refractivity contribution in [1.29, 1.82) is 0 Å². The van der Waals surface area contributed by atoms with Crippen LogP contribution in [-0.4, -0.2) is 42.9 Å². The summed E-state index contributed by atoms with van der Waals surface area (Å²) in [5.74, 6) is -0.0617. The van der Waals surface area contributed by atoms with Crippen molar-refractivity contribution in [3.8, 4) is 0 Å². The number of nitrogens with two attached hydrogens (primary N) is 1. The third-order valence-electron chi connectivity index (χ3n) is 4.97. The molecule has 1 aromatic rings. The van der Waals surface area contributed by atoms with Crippen LogP contribution in [0, 0.1) is 11.8 Å². The maximum Gasteiger partial charge on any atom is 0.228 e. The van der Waals surface area contributed by atoms with Crippen LogP contribution in [0.4, 0.5) is 5.69 Å². The van der Waals surface area contributed by atoms with Crippen LogP contribution in [0.25, 0.3) is 0 Å². The minimum Gasteiger partial charge on any atom is -0.369 e. The molecule has 2 aliphatic heterocycles. The van der Waals surface area contributed by atoms with Gasteiger partial charge in [0.05, 0.1) is 11.8 Å². The Labute approximate surface area is 142 Å². The zero-order valence-corrected chi connectivity index (χ0v) is 14.0. The molecule has 4 N–H and O–H groups in total. The lowest BCUT2D eigenvalue weighted by atomic mass is 9.97. The molecule has 6 nitrogen and oxygen atoms in total. The molecule has 2 amide bonds. The van der Waals surface area contributed by atoms with Crippen molar-refractivity contribution in [3.05, 3.63) is 29.8 Å². The van der Waals surface area contributed by atoms with E-state index >= 15 is 0 Å². The van der Waals surface area contributed by atoms with Crippen LogP contribution in [0.5, 0.6) is 0 Å². The van der Waals surface area contributed by atoms with Gasteiger partial charge in [0.25, 0.3) is 0 Å². The van der Waals surface area contributed by atoms with Crippen LogP contribution in [0.3, 0.4) is 0 Å². The van der Waals surface area contributed by atoms with Crippen LogP contribution in [-0.2, 0) is 16.1 Å². The van der Waals surface area contributed by atoms with Gasteiger partial charge in [-0.1, -0.05) is 12.1 Å². The predicted octanol–water partition coefficient (Wildman–Crippen LogP) is 0.932. The molecule has 2 unspecified atom stereocenters. The molecule has 1 aromatic carbocycles. The molecule has 2 aliphatic rings. The van der Waals surface area contributed by atoms with Gasteiger partial charge in [-0.05, 0) is 50.0 Å². The number of likely N-dealkylation sites (tertiary alicyclic amines) is 1. The van der Waals surface area contributed by atoms with Gasteiger partial charge in [-0.15, -0.1) is 0 Å². The van der Waals surface area contributed by atoms with E-state index in [1.54, 1.807) is 0 Å². The fourth-order valence-corrected chi connectivity index (χ4v) is 3.51. The molecule has 0 saturated carbocycles. The van der Waals surface area contributed by atoms with Gasteiger partial charge in [-0.25, -0.2) is 0 Å². The van der Waals surface area contributed by atoms with Crippen molar-refractivity contribution < 1.29 is 9.59 Å². The minimum absolute atomic E-state index is 0.0302. The van der Waals surface area contributed by atoms with Gasteiger partial charge in [0.1, 0.15) is 0 Å². The molecule has 2 saturated heterocycles. The smallest absolute Gasteiger partial charge is 0.228 e. The Morgan fingerprint density at radius 3 is 2.67 bits per heavy atom. The van der Waals surface area contributed by atoms with Crippen molar-refractivity contribution in [2.75, 3.05) is 31.5 Å². The summed E-state index contributed by atoms with van der Waals surface area (Å²) in [5.41, 5.74) is 7.45. The van der Waals surface area contributed by atoms with Gasteiger partial charge in [0.2, 0.25) is 11.8 Å². The van der Waals surface area contributed by atoms with Gasteiger partial charge in [-0.2, -0.15) is 0 Å². The van der Waals surface area contributed by atoms with Gasteiger partial charge >= 0.3 is 0 Å². The standard InChI is InChI=1S/C18H26N4O2/c19-17(23)15-2-1-9-22(12-15)11-13-3-5-16(6-4-13)21-18(24)14-7-8-20-10-14/h3-6,14-15,20H,1-2,7-12H2,(H2,19,23)(H,21,24). The summed E-state index contributed by atoms with van der Waals surface area (Å²) >= 11 is 0. The van der Waals surface area contributed by atoms with E-state index in [4.69, 9.17) is 5.73 Å². The number of carbonyl (C=O) groups is 2. The van der Waals surface area contributed by atoms with Crippen LogP contribution in [0.2, 0.25) is 0 Å². The highest BCUT2D eigenvalue weighted by Gasteiger charge is 2.24. The Hall–Kier alpha value is -1.92. The second-order valence-electron chi connectivity index (χ2n) is 6.85. The lowest BCUT2D eigenvalue weighted by Gasteiger charge is -2.31. The largest absolute Gasteiger partial charge is 0.369 e. The molecule has 130 valence electrons. The maximum absolute atomic E-state index is 12.1. The number of nitrogens with zero attached hydrogens (tertiary/aromatic N) is 1. The summed E-state index contributed by atoms with van der Waals surface area (Å²) in [6, 6.07) is 7.98. The number of primary amides is 1. The molecule has 24 heavy (non-hydrogen) atoms. The van der Waals surface area contributed by atoms with Crippen molar-refractivity contribution in [1.82, 2.24) is 10.2 Å². The van der Waals surface area contributed by atoms with Gasteiger partial charge in [0.15, 0.2) is 0 Å². The number of rotatable bonds is 5. The van der Waals surface area contributed by atoms with E-state index in [1.807, 2.05) is 24.3 Å². The number of amides is 2. The molecule has 2 heterocycles. The molecule has 0 bridgehead atoms. The number of carbonyl (C=O) groups excluding carboxylic acids is 2. The first kappa shape index (κ1) is 16.9. The Morgan fingerprint density at radius 1 is 1.21 bits per heavy atom. The molecular formula is C18H26N4O2. The summed E-state index contributed by atoms with van der Waals surface area (Å²) in [5, 5.41) is 6.19. The van der Waals surface area contributed by atoms with Crippen LogP contribution >= 0.6 is 0 Å². The minimum atomic E-state index is -0.195. The fraction of sp³-hybridized carbons (Fsp3) is 0.556. The van der Waals surface area contributed by atoms with Crippen molar-refractivity contribution in [3.63, 3.8) is 0 Å². The van der Waals surface area contributed by atoms with Crippen LogP contribution in [0.1, 0.15) is 24.8 Å². The topological polar surface area (TPSA) is 87.5 Å². The van der Waals surface area contributed by atoms with E-state index in [2.05, 4.69) is 15.5 Å². The summed E-state index contributed by atoms with van der Waals surface area (Å²) in [7, 11) is 0. The van der Waals surface area contributed by atoms with E-state index in [0.717, 1.165) is 57.7 Å². The molecule has 0 radical (unpaired) electrons. The van der Waals surface area contributed by atoms with Gasteiger partial charge < -0.3 is 16.4 Å². The zero-order chi connectivity index (χ0) is 16.9. The highest BCUT2D eigenvalue weighted by atomic mass is 16.2. The third kappa shape index (κ3) is 4.33. The van der Waals surface area contributed by atoms with Gasteiger partial charge in [0, 0.05) is 25.3 Å². The summed E-state index contributed by atoms with van der Waals surface area (Å²) < 4.78 is 0. The number of hydrogen-bond acceptors (Lipinski definition) is 4. The normalized spacial score (nSPS) is 24.7. The van der Waals surface area contributed by atoms with Crippen molar-refractivity contribution >= 4 is 17.5 Å². The molecule has 0 aromatic heterocycles. The molecule has 2 atom stereocenters. The Morgan fingerprint density at radius 2 is 2.00 bits per heavy atom. The molecule has 0 spiro atoms. The molecule has 3 rings (SSSR count). The SMILES string of the molecule is NC(=O)C1CCCN(Cc2ccc(NC(=O)C3CCNC3)cc2)C1. The number of hydrogen-bond donors (Lipinski definition) is 3. The average molecular weight is 330 g/mol. The first-order valence-corrected chi connectivity index (χ1v) is 8.74. The maximum atomic E-state index is 12.1. The predicted molar refractivity (Wildman–Crippen MR) is 93.2 cm³/mol. The molecular weight excluding hydrogens is 304 g/mol. The Bertz CT molecular complexity index is 581. The summed E-state index contributed by atoms with van der Waals surface area (Å²) in [6.45, 7) is 4.23. The summed E-state index contributed by atoms with van der Waals surface area (Å²) in [6.07, 6.45) is 2.81. The van der Waals surface area contributed by atoms with Crippen molar-refractivity contribution in [2.45, 2.75) is 25.8 Å². The van der Waals surface area contributed by atoms with Crippen LogP contribution in [0.15, 0.2) is 24.3 Å². The lowest BCUT2D eigenvalue weighted by molar-refractivity contribution is -0.123. The average Bonchev–Trinajstić information content (AvgIpc) is 3.11. The second kappa shape index (κ2) is 7.77. The Kier molecular flexibility index (Phi) is 5.48. The van der Waals surface area contributed by atoms with Gasteiger partial charge in [-0.3, -0.25) is 14.5 Å². The lowest BCUT2D eigenvalue weighted by Crippen LogP contribution is -2.40.